The molecule has 1 heterocycles. The maximum Gasteiger partial charge on any atom is 0.0725 e. The van der Waals surface area contributed by atoms with Gasteiger partial charge in [-0.15, -0.1) is 11.8 Å². The summed E-state index contributed by atoms with van der Waals surface area (Å²) in [6, 6.07) is 6.53. The van der Waals surface area contributed by atoms with Crippen molar-refractivity contribution in [3.8, 4) is 0 Å². The summed E-state index contributed by atoms with van der Waals surface area (Å²) in [4.78, 5) is 1.33. The van der Waals surface area contributed by atoms with Crippen LogP contribution in [0.2, 0.25) is 0 Å². The number of ether oxygens (including phenoxy) is 1. The fourth-order valence-electron chi connectivity index (χ4n) is 1.28. The number of hydrogen-bond acceptors (Lipinski definition) is 2. The molecule has 0 N–H and O–H groups in total. The van der Waals surface area contributed by atoms with E-state index in [0.717, 1.165) is 13.2 Å². The van der Waals surface area contributed by atoms with Gasteiger partial charge in [-0.05, 0) is 29.5 Å². The van der Waals surface area contributed by atoms with E-state index in [0.29, 0.717) is 0 Å². The van der Waals surface area contributed by atoms with Crippen LogP contribution in [0, 0.1) is 0 Å². The molecule has 58 valence electrons. The molecular formula is C9H10OS. The van der Waals surface area contributed by atoms with Crippen LogP contribution >= 0.6 is 11.8 Å². The number of benzene rings is 1. The van der Waals surface area contributed by atoms with Crippen molar-refractivity contribution in [2.75, 3.05) is 6.26 Å². The molecule has 0 radical (unpaired) electrons. The van der Waals surface area contributed by atoms with Crippen LogP contribution in [0.4, 0.5) is 0 Å². The lowest BCUT2D eigenvalue weighted by molar-refractivity contribution is 0.134. The summed E-state index contributed by atoms with van der Waals surface area (Å²) < 4.78 is 5.31. The number of thioether (sulfide) groups is 1. The van der Waals surface area contributed by atoms with Gasteiger partial charge in [0, 0.05) is 4.90 Å². The highest BCUT2D eigenvalue weighted by atomic mass is 32.2. The van der Waals surface area contributed by atoms with E-state index in [1.54, 1.807) is 11.8 Å². The Morgan fingerprint density at radius 3 is 2.91 bits per heavy atom. The quantitative estimate of drug-likeness (QED) is 0.593. The normalized spacial score (nSPS) is 15.0. The molecule has 2 rings (SSSR count). The van der Waals surface area contributed by atoms with Crippen LogP contribution in [0.15, 0.2) is 23.1 Å². The second-order valence-electron chi connectivity index (χ2n) is 2.63. The average molecular weight is 166 g/mol. The maximum atomic E-state index is 5.31. The van der Waals surface area contributed by atoms with Crippen LogP contribution in [-0.2, 0) is 18.0 Å². The van der Waals surface area contributed by atoms with Gasteiger partial charge >= 0.3 is 0 Å². The molecule has 0 aromatic heterocycles. The third kappa shape index (κ3) is 1.28. The third-order valence-electron chi connectivity index (χ3n) is 1.93. The van der Waals surface area contributed by atoms with E-state index < -0.39 is 0 Å². The minimum absolute atomic E-state index is 0.795. The van der Waals surface area contributed by atoms with Gasteiger partial charge in [-0.3, -0.25) is 0 Å². The van der Waals surface area contributed by atoms with Crippen LogP contribution in [0.3, 0.4) is 0 Å². The van der Waals surface area contributed by atoms with Gasteiger partial charge in [-0.25, -0.2) is 0 Å². The summed E-state index contributed by atoms with van der Waals surface area (Å²) in [5, 5.41) is 0. The first-order chi connectivity index (χ1) is 5.40. The molecule has 1 aromatic carbocycles. The molecule has 0 aliphatic carbocycles. The van der Waals surface area contributed by atoms with E-state index >= 15 is 0 Å². The van der Waals surface area contributed by atoms with Crippen molar-refractivity contribution in [2.24, 2.45) is 0 Å². The standard InChI is InChI=1S/C9H10OS/c1-11-9-3-2-7-5-10-6-8(7)4-9/h2-4H,5-6H2,1H3. The summed E-state index contributed by atoms with van der Waals surface area (Å²) in [6.07, 6.45) is 2.09. The minimum Gasteiger partial charge on any atom is -0.372 e. The monoisotopic (exact) mass is 166 g/mol. The first-order valence-electron chi connectivity index (χ1n) is 3.63. The Labute approximate surface area is 70.8 Å². The van der Waals surface area contributed by atoms with Crippen molar-refractivity contribution in [3.05, 3.63) is 29.3 Å². The van der Waals surface area contributed by atoms with Gasteiger partial charge in [-0.2, -0.15) is 0 Å². The van der Waals surface area contributed by atoms with E-state index in [-0.39, 0.29) is 0 Å². The minimum atomic E-state index is 0.795. The zero-order valence-electron chi connectivity index (χ0n) is 6.46. The van der Waals surface area contributed by atoms with Crippen molar-refractivity contribution in [1.29, 1.82) is 0 Å². The Kier molecular flexibility index (Phi) is 1.88. The van der Waals surface area contributed by atoms with Crippen LogP contribution in [-0.4, -0.2) is 6.26 Å². The molecule has 0 unspecified atom stereocenters. The Hall–Kier alpha value is -0.470. The van der Waals surface area contributed by atoms with Gasteiger partial charge in [0.25, 0.3) is 0 Å². The summed E-state index contributed by atoms with van der Waals surface area (Å²) in [5.41, 5.74) is 2.71. The maximum absolute atomic E-state index is 5.31. The van der Waals surface area contributed by atoms with Crippen molar-refractivity contribution in [2.45, 2.75) is 18.1 Å². The van der Waals surface area contributed by atoms with E-state index in [1.165, 1.54) is 16.0 Å². The van der Waals surface area contributed by atoms with Gasteiger partial charge in [0.2, 0.25) is 0 Å². The Bertz CT molecular complexity index is 270. The van der Waals surface area contributed by atoms with Crippen LogP contribution in [0.5, 0.6) is 0 Å². The summed E-state index contributed by atoms with van der Waals surface area (Å²) in [6.45, 7) is 1.59. The molecule has 2 heteroatoms. The zero-order valence-corrected chi connectivity index (χ0v) is 7.28. The molecule has 0 saturated heterocycles. The van der Waals surface area contributed by atoms with Gasteiger partial charge in [0.05, 0.1) is 13.2 Å². The lowest BCUT2D eigenvalue weighted by atomic mass is 10.1. The highest BCUT2D eigenvalue weighted by Gasteiger charge is 2.10. The first-order valence-corrected chi connectivity index (χ1v) is 4.86. The summed E-state index contributed by atoms with van der Waals surface area (Å²) >= 11 is 1.78. The van der Waals surface area contributed by atoms with Gasteiger partial charge in [-0.1, -0.05) is 6.07 Å². The van der Waals surface area contributed by atoms with E-state index in [2.05, 4.69) is 24.5 Å². The topological polar surface area (TPSA) is 9.23 Å². The zero-order chi connectivity index (χ0) is 7.68. The van der Waals surface area contributed by atoms with Crippen molar-refractivity contribution in [1.82, 2.24) is 0 Å². The van der Waals surface area contributed by atoms with E-state index in [4.69, 9.17) is 4.74 Å². The summed E-state index contributed by atoms with van der Waals surface area (Å²) in [7, 11) is 0. The molecule has 1 aromatic rings. The molecule has 0 fully saturated rings. The molecule has 11 heavy (non-hydrogen) atoms. The highest BCUT2D eigenvalue weighted by molar-refractivity contribution is 7.98. The molecule has 1 aliphatic heterocycles. The van der Waals surface area contributed by atoms with Gasteiger partial charge in [0.15, 0.2) is 0 Å². The average Bonchev–Trinajstić information content (AvgIpc) is 2.50. The molecule has 1 nitrogen and oxygen atoms in total. The molecule has 0 saturated carbocycles. The smallest absolute Gasteiger partial charge is 0.0725 e. The van der Waals surface area contributed by atoms with Crippen LogP contribution < -0.4 is 0 Å². The van der Waals surface area contributed by atoms with Gasteiger partial charge < -0.3 is 4.74 Å². The summed E-state index contributed by atoms with van der Waals surface area (Å²) in [5.74, 6) is 0. The van der Waals surface area contributed by atoms with Crippen LogP contribution in [0.1, 0.15) is 11.1 Å². The third-order valence-corrected chi connectivity index (χ3v) is 2.65. The lowest BCUT2D eigenvalue weighted by Crippen LogP contribution is -1.81. The van der Waals surface area contributed by atoms with Crippen LogP contribution in [0.25, 0.3) is 0 Å². The van der Waals surface area contributed by atoms with Crippen molar-refractivity contribution >= 4 is 11.8 Å². The number of hydrogen-bond donors (Lipinski definition) is 0. The molecule has 0 atom stereocenters. The second-order valence-corrected chi connectivity index (χ2v) is 3.51. The predicted octanol–water partition coefficient (Wildman–Crippen LogP) is 2.44. The van der Waals surface area contributed by atoms with Crippen molar-refractivity contribution < 1.29 is 4.74 Å². The number of fused-ring (bicyclic) bond motifs is 1. The fourth-order valence-corrected chi connectivity index (χ4v) is 1.74. The Morgan fingerprint density at radius 2 is 2.09 bits per heavy atom. The van der Waals surface area contributed by atoms with E-state index in [9.17, 15) is 0 Å². The lowest BCUT2D eigenvalue weighted by Gasteiger charge is -1.98. The molecule has 1 aliphatic rings. The molecule has 0 bridgehead atoms. The SMILES string of the molecule is CSc1ccc2c(c1)COC2. The van der Waals surface area contributed by atoms with Crippen molar-refractivity contribution in [3.63, 3.8) is 0 Å². The van der Waals surface area contributed by atoms with Gasteiger partial charge in [0.1, 0.15) is 0 Å². The Morgan fingerprint density at radius 1 is 1.27 bits per heavy atom. The highest BCUT2D eigenvalue weighted by Crippen LogP contribution is 2.24. The predicted molar refractivity (Wildman–Crippen MR) is 46.7 cm³/mol. The largest absolute Gasteiger partial charge is 0.372 e. The fraction of sp³-hybridized carbons (Fsp3) is 0.333. The molecular weight excluding hydrogens is 156 g/mol. The first kappa shape index (κ1) is 7.19. The molecule has 0 amide bonds. The Balaban J connectivity index is 2.41. The second kappa shape index (κ2) is 2.88. The molecule has 0 spiro atoms. The number of rotatable bonds is 1. The van der Waals surface area contributed by atoms with E-state index in [1.807, 2.05) is 0 Å².